The smallest absolute Gasteiger partial charge is 0.322 e. The lowest BCUT2D eigenvalue weighted by Gasteiger charge is -2.23. The highest BCUT2D eigenvalue weighted by atomic mass is 16.5. The average Bonchev–Trinajstić information content (AvgIpc) is 3.48. The third-order valence-electron chi connectivity index (χ3n) is 4.98. The molecule has 0 unspecified atom stereocenters. The molecule has 0 spiro atoms. The molecule has 2 saturated carbocycles. The molecule has 0 aromatic carbocycles. The Bertz CT molecular complexity index is 579. The van der Waals surface area contributed by atoms with E-state index in [-0.39, 0.29) is 17.8 Å². The molecule has 2 fully saturated rings. The molecule has 0 radical (unpaired) electrons. The quantitative estimate of drug-likeness (QED) is 0.601. The Morgan fingerprint density at radius 2 is 1.85 bits per heavy atom. The minimum absolute atomic E-state index is 0.193. The number of hydrogen-bond acceptors (Lipinski definition) is 5. The van der Waals surface area contributed by atoms with Crippen molar-refractivity contribution < 1.29 is 29.3 Å². The summed E-state index contributed by atoms with van der Waals surface area (Å²) in [4.78, 5) is 34.5. The first-order valence-corrected chi connectivity index (χ1v) is 9.67. The summed E-state index contributed by atoms with van der Waals surface area (Å²) in [5, 5.41) is 19.8. The first kappa shape index (κ1) is 21.2. The molecule has 1 aliphatic heterocycles. The first-order valence-electron chi connectivity index (χ1n) is 9.67. The number of rotatable bonds is 6. The number of nitrogens with one attached hydrogen (secondary N) is 1. The number of amides is 2. The van der Waals surface area contributed by atoms with Gasteiger partial charge in [0.15, 0.2) is 0 Å². The van der Waals surface area contributed by atoms with Crippen molar-refractivity contribution in [3.05, 3.63) is 11.3 Å². The molecular weight excluding hydrogens is 352 g/mol. The van der Waals surface area contributed by atoms with Gasteiger partial charge in [0.05, 0.1) is 6.10 Å². The third-order valence-corrected chi connectivity index (χ3v) is 4.98. The maximum Gasteiger partial charge on any atom is 0.322 e. The summed E-state index contributed by atoms with van der Waals surface area (Å²) in [7, 11) is 1.50. The number of carbonyl (C=O) groups is 3. The monoisotopic (exact) mass is 382 g/mol. The van der Waals surface area contributed by atoms with Gasteiger partial charge < -0.3 is 25.2 Å². The van der Waals surface area contributed by atoms with E-state index in [9.17, 15) is 19.5 Å². The molecule has 3 rings (SSSR count). The number of ether oxygens (including phenoxy) is 1. The van der Waals surface area contributed by atoms with Crippen LogP contribution >= 0.6 is 0 Å². The fourth-order valence-electron chi connectivity index (χ4n) is 3.08. The highest BCUT2D eigenvalue weighted by molar-refractivity contribution is 6.19. The summed E-state index contributed by atoms with van der Waals surface area (Å²) >= 11 is 0. The van der Waals surface area contributed by atoms with Crippen LogP contribution in [0.15, 0.2) is 11.3 Å². The van der Waals surface area contributed by atoms with Crippen LogP contribution in [-0.4, -0.2) is 65.7 Å². The second kappa shape index (κ2) is 10.3. The Labute approximate surface area is 159 Å². The van der Waals surface area contributed by atoms with Gasteiger partial charge in [-0.2, -0.15) is 0 Å². The predicted octanol–water partition coefficient (Wildman–Crippen LogP) is 1.61. The van der Waals surface area contributed by atoms with E-state index in [0.717, 1.165) is 12.5 Å². The molecule has 0 saturated heterocycles. The molecule has 0 aromatic heterocycles. The minimum atomic E-state index is -1.22. The number of aliphatic carboxylic acids is 1. The van der Waals surface area contributed by atoms with Crippen LogP contribution < -0.4 is 5.32 Å². The lowest BCUT2D eigenvalue weighted by molar-refractivity contribution is -0.138. The summed E-state index contributed by atoms with van der Waals surface area (Å²) < 4.78 is 5.81. The molecule has 1 heterocycles. The standard InChI is InChI=1S/C10H18O.C9H12N2O5/c1-2-4-10(5-3-1)11-8-9-6-7-9;1-11-3-2-5(12)7(9(11)16)8(15)10-4-6(13)14/h9-10H,1-8H2;12H,2-4H2,1H3,(H,10,15)(H,13,14). The number of nitrogens with zero attached hydrogens (tertiary/aromatic N) is 1. The second-order valence-electron chi connectivity index (χ2n) is 7.41. The minimum Gasteiger partial charge on any atom is -0.511 e. The van der Waals surface area contributed by atoms with Crippen LogP contribution in [0.25, 0.3) is 0 Å². The summed E-state index contributed by atoms with van der Waals surface area (Å²) in [6, 6.07) is 0. The average molecular weight is 382 g/mol. The third kappa shape index (κ3) is 7.21. The van der Waals surface area contributed by atoms with Crippen LogP contribution in [0.1, 0.15) is 51.4 Å². The molecule has 27 heavy (non-hydrogen) atoms. The van der Waals surface area contributed by atoms with E-state index in [1.54, 1.807) is 0 Å². The van der Waals surface area contributed by atoms with Gasteiger partial charge in [-0.15, -0.1) is 0 Å². The fourth-order valence-corrected chi connectivity index (χ4v) is 3.08. The lowest BCUT2D eigenvalue weighted by Crippen LogP contribution is -2.41. The van der Waals surface area contributed by atoms with Crippen molar-refractivity contribution in [3.63, 3.8) is 0 Å². The maximum absolute atomic E-state index is 11.5. The van der Waals surface area contributed by atoms with Crippen molar-refractivity contribution in [2.75, 3.05) is 26.7 Å². The summed E-state index contributed by atoms with van der Waals surface area (Å²) in [6.45, 7) is 0.803. The molecule has 3 N–H and O–H groups in total. The number of likely N-dealkylation sites (N-methyl/N-ethyl adjacent to an activating group) is 1. The van der Waals surface area contributed by atoms with Crippen LogP contribution in [0.3, 0.4) is 0 Å². The van der Waals surface area contributed by atoms with Gasteiger partial charge in [-0.05, 0) is 31.6 Å². The zero-order valence-corrected chi connectivity index (χ0v) is 15.9. The van der Waals surface area contributed by atoms with Crippen LogP contribution in [0.2, 0.25) is 0 Å². The molecule has 3 aliphatic rings. The Morgan fingerprint density at radius 1 is 1.19 bits per heavy atom. The fraction of sp³-hybridized carbons (Fsp3) is 0.737. The van der Waals surface area contributed by atoms with Gasteiger partial charge in [-0.1, -0.05) is 19.3 Å². The molecule has 0 bridgehead atoms. The van der Waals surface area contributed by atoms with Crippen molar-refractivity contribution in [1.29, 1.82) is 0 Å². The van der Waals surface area contributed by atoms with E-state index in [4.69, 9.17) is 9.84 Å². The van der Waals surface area contributed by atoms with Gasteiger partial charge in [-0.3, -0.25) is 14.4 Å². The van der Waals surface area contributed by atoms with E-state index in [0.29, 0.717) is 12.6 Å². The highest BCUT2D eigenvalue weighted by Gasteiger charge is 2.30. The van der Waals surface area contributed by atoms with E-state index in [1.807, 2.05) is 5.32 Å². The van der Waals surface area contributed by atoms with Crippen molar-refractivity contribution in [2.45, 2.75) is 57.5 Å². The van der Waals surface area contributed by atoms with Crippen LogP contribution in [0.5, 0.6) is 0 Å². The van der Waals surface area contributed by atoms with E-state index >= 15 is 0 Å². The largest absolute Gasteiger partial charge is 0.511 e. The van der Waals surface area contributed by atoms with Crippen molar-refractivity contribution in [2.24, 2.45) is 5.92 Å². The number of carboxylic acids is 1. The highest BCUT2D eigenvalue weighted by Crippen LogP contribution is 2.30. The maximum atomic E-state index is 11.5. The van der Waals surface area contributed by atoms with Crippen molar-refractivity contribution in [1.82, 2.24) is 10.2 Å². The summed E-state index contributed by atoms with van der Waals surface area (Å²) in [5.41, 5.74) is -0.380. The van der Waals surface area contributed by atoms with Gasteiger partial charge in [0.25, 0.3) is 11.8 Å². The Balaban J connectivity index is 0.000000206. The topological polar surface area (TPSA) is 116 Å². The van der Waals surface area contributed by atoms with Crippen LogP contribution in [0.4, 0.5) is 0 Å². The van der Waals surface area contributed by atoms with Crippen LogP contribution in [0, 0.1) is 5.92 Å². The van der Waals surface area contributed by atoms with Gasteiger partial charge >= 0.3 is 5.97 Å². The normalized spacial score (nSPS) is 20.8. The zero-order chi connectivity index (χ0) is 19.8. The van der Waals surface area contributed by atoms with E-state index < -0.39 is 24.3 Å². The molecular formula is C19H30N2O6. The van der Waals surface area contributed by atoms with Gasteiger partial charge in [0.2, 0.25) is 0 Å². The molecule has 152 valence electrons. The van der Waals surface area contributed by atoms with Gasteiger partial charge in [0.1, 0.15) is 17.9 Å². The zero-order valence-electron chi connectivity index (χ0n) is 15.9. The molecule has 2 aliphatic carbocycles. The molecule has 2 amide bonds. The Kier molecular flexibility index (Phi) is 8.09. The number of aliphatic hydroxyl groups excluding tert-OH is 1. The Hall–Kier alpha value is -2.09. The summed E-state index contributed by atoms with van der Waals surface area (Å²) in [6.07, 6.45) is 10.6. The van der Waals surface area contributed by atoms with E-state index in [2.05, 4.69) is 0 Å². The van der Waals surface area contributed by atoms with Crippen LogP contribution in [-0.2, 0) is 19.1 Å². The van der Waals surface area contributed by atoms with Gasteiger partial charge in [0, 0.05) is 26.6 Å². The van der Waals surface area contributed by atoms with E-state index in [1.165, 1.54) is 56.9 Å². The molecule has 0 atom stereocenters. The van der Waals surface area contributed by atoms with Gasteiger partial charge in [-0.25, -0.2) is 0 Å². The molecule has 8 heteroatoms. The lowest BCUT2D eigenvalue weighted by atomic mass is 9.98. The number of carbonyl (C=O) groups excluding carboxylic acids is 2. The van der Waals surface area contributed by atoms with Crippen molar-refractivity contribution in [3.8, 4) is 0 Å². The summed E-state index contributed by atoms with van der Waals surface area (Å²) in [5.74, 6) is -2.05. The molecule has 8 nitrogen and oxygen atoms in total. The molecule has 0 aromatic rings. The second-order valence-corrected chi connectivity index (χ2v) is 7.41. The first-order chi connectivity index (χ1) is 12.9. The number of hydrogen-bond donors (Lipinski definition) is 3. The number of carboxylic acid groups (broad SMARTS) is 1. The Morgan fingerprint density at radius 3 is 2.44 bits per heavy atom. The SMILES string of the molecule is C1CCC(OCC2CC2)CC1.CN1CCC(O)=C(C(=O)NCC(=O)O)C1=O. The van der Waals surface area contributed by atoms with Crippen molar-refractivity contribution >= 4 is 17.8 Å². The number of aliphatic hydroxyl groups is 1. The predicted molar refractivity (Wildman–Crippen MR) is 98.1 cm³/mol.